The number of ether oxygens (including phenoxy) is 3. The zero-order valence-electron chi connectivity index (χ0n) is 44.5. The Balaban J connectivity index is 0.000000555. The highest BCUT2D eigenvalue weighted by atomic mass is 16.5. The molecule has 0 saturated carbocycles. The SMILES string of the molecule is CC(=O)CC(=O)Nc1cc(OC(C)C)c(NC(=O)CC(C)=O)cc1C.CCCOc1cc(NC(=O)CC(C)=O)c(C)cc1NC(=O)CC(C)=O.CCOc1cc(NC(=O)CC(C)=O)c(C)cc1NC(=O)CC(C)=O. The molecule has 3 aromatic rings. The van der Waals surface area contributed by atoms with Gasteiger partial charge in [-0.2, -0.15) is 0 Å². The van der Waals surface area contributed by atoms with Crippen molar-refractivity contribution in [2.75, 3.05) is 45.1 Å². The largest absolute Gasteiger partial charge is 0.492 e. The minimum atomic E-state index is -0.436. The van der Waals surface area contributed by atoms with Gasteiger partial charge >= 0.3 is 0 Å². The molecule has 0 unspecified atom stereocenters. The number of amides is 6. The van der Waals surface area contributed by atoms with Gasteiger partial charge in [0, 0.05) is 35.3 Å². The van der Waals surface area contributed by atoms with Gasteiger partial charge < -0.3 is 46.1 Å². The maximum atomic E-state index is 11.9. The third kappa shape index (κ3) is 25.8. The van der Waals surface area contributed by atoms with Crippen molar-refractivity contribution >= 4 is 104 Å². The Kier molecular flexibility index (Phi) is 27.7. The highest BCUT2D eigenvalue weighted by Crippen LogP contribution is 2.35. The number of ketones is 6. The fraction of sp³-hybridized carbons (Fsp3) is 0.434. The highest BCUT2D eigenvalue weighted by molar-refractivity contribution is 6.08. The molecular weight excluding hydrogens is 961 g/mol. The van der Waals surface area contributed by atoms with E-state index in [1.807, 2.05) is 20.8 Å². The van der Waals surface area contributed by atoms with Crippen LogP contribution < -0.4 is 46.1 Å². The molecule has 402 valence electrons. The third-order valence-corrected chi connectivity index (χ3v) is 9.21. The summed E-state index contributed by atoms with van der Waals surface area (Å²) in [5.41, 5.74) is 4.83. The lowest BCUT2D eigenvalue weighted by atomic mass is 10.1. The lowest BCUT2D eigenvalue weighted by Gasteiger charge is -2.18. The van der Waals surface area contributed by atoms with Crippen molar-refractivity contribution < 1.29 is 71.7 Å². The summed E-state index contributed by atoms with van der Waals surface area (Å²) >= 11 is 0. The van der Waals surface area contributed by atoms with Crippen molar-refractivity contribution in [2.45, 2.75) is 141 Å². The number of aryl methyl sites for hydroxylation is 3. The maximum Gasteiger partial charge on any atom is 0.231 e. The second kappa shape index (κ2) is 32.1. The Morgan fingerprint density at radius 3 is 0.865 bits per heavy atom. The third-order valence-electron chi connectivity index (χ3n) is 9.21. The van der Waals surface area contributed by atoms with Gasteiger partial charge in [-0.25, -0.2) is 0 Å². The van der Waals surface area contributed by atoms with E-state index in [4.69, 9.17) is 14.2 Å². The monoisotopic (exact) mass is 1030 g/mol. The Labute approximate surface area is 431 Å². The van der Waals surface area contributed by atoms with Crippen LogP contribution in [0.4, 0.5) is 34.1 Å². The minimum Gasteiger partial charge on any atom is -0.492 e. The first-order valence-electron chi connectivity index (χ1n) is 23.7. The number of anilines is 6. The van der Waals surface area contributed by atoms with Gasteiger partial charge in [0.05, 0.1) is 74.9 Å². The molecule has 6 amide bonds. The van der Waals surface area contributed by atoms with Gasteiger partial charge in [0.2, 0.25) is 35.4 Å². The van der Waals surface area contributed by atoms with E-state index in [1.54, 1.807) is 64.1 Å². The van der Waals surface area contributed by atoms with Crippen molar-refractivity contribution in [3.8, 4) is 17.2 Å². The predicted octanol–water partition coefficient (Wildman–Crippen LogP) is 7.47. The summed E-state index contributed by atoms with van der Waals surface area (Å²) in [6.07, 6.45) is -0.686. The fourth-order valence-electron chi connectivity index (χ4n) is 6.24. The molecule has 0 fully saturated rings. The Morgan fingerprint density at radius 2 is 0.622 bits per heavy atom. The van der Waals surface area contributed by atoms with Gasteiger partial charge in [0.1, 0.15) is 51.9 Å². The van der Waals surface area contributed by atoms with Crippen LogP contribution in [0.2, 0.25) is 0 Å². The normalized spacial score (nSPS) is 10.1. The molecule has 0 aliphatic carbocycles. The standard InChI is InChI=1S/2C18H24N2O5.C17H22N2O5/c1-10(2)25-16-9-14(19-17(23)7-12(4)21)11(3)6-15(16)20-18(24)8-13(5)22;1-5-6-25-16-10-14(19-17(23)8-12(3)21)11(2)7-15(16)20-18(24)9-13(4)22;1-5-24-15-9-13(18-16(22)7-11(3)20)10(2)6-14(15)19-17(23)8-12(4)21/h6,9-10H,7-8H2,1-5H3,(H,19,23)(H,20,24);7,10H,5-6,8-9H2,1-4H3,(H,19,23)(H,20,24);6,9H,5,7-8H2,1-4H3,(H,18,22)(H,19,23). The molecule has 3 rings (SSSR count). The summed E-state index contributed by atoms with van der Waals surface area (Å²) in [7, 11) is 0. The molecule has 0 aliphatic heterocycles. The van der Waals surface area contributed by atoms with E-state index in [1.165, 1.54) is 41.5 Å². The average molecular weight is 1030 g/mol. The zero-order chi connectivity index (χ0) is 56.4. The molecule has 74 heavy (non-hydrogen) atoms. The smallest absolute Gasteiger partial charge is 0.231 e. The Morgan fingerprint density at radius 1 is 0.378 bits per heavy atom. The van der Waals surface area contributed by atoms with E-state index in [0.29, 0.717) is 81.3 Å². The summed E-state index contributed by atoms with van der Waals surface area (Å²) in [5.74, 6) is -2.83. The van der Waals surface area contributed by atoms with Crippen LogP contribution in [0, 0.1) is 20.8 Å². The summed E-state index contributed by atoms with van der Waals surface area (Å²) in [6, 6.07) is 9.74. The van der Waals surface area contributed by atoms with E-state index in [9.17, 15) is 57.5 Å². The molecular formula is C53H70N6O15. The topological polar surface area (TPSA) is 305 Å². The number of benzene rings is 3. The Bertz CT molecular complexity index is 2600. The number of hydrogen-bond acceptors (Lipinski definition) is 15. The molecule has 0 bridgehead atoms. The first-order chi connectivity index (χ1) is 34.5. The summed E-state index contributed by atoms with van der Waals surface area (Å²) in [5, 5.41) is 15.9. The number of carbonyl (C=O) groups is 12. The van der Waals surface area contributed by atoms with Crippen LogP contribution in [-0.2, 0) is 57.5 Å². The second-order valence-electron chi connectivity index (χ2n) is 17.5. The molecule has 21 nitrogen and oxygen atoms in total. The molecule has 0 radical (unpaired) electrons. The zero-order valence-corrected chi connectivity index (χ0v) is 44.5. The van der Waals surface area contributed by atoms with Gasteiger partial charge in [-0.1, -0.05) is 6.92 Å². The average Bonchev–Trinajstić information content (AvgIpc) is 3.23. The summed E-state index contributed by atoms with van der Waals surface area (Å²) in [6.45, 7) is 21.5. The molecule has 0 atom stereocenters. The molecule has 0 aliphatic rings. The first-order valence-corrected chi connectivity index (χ1v) is 23.7. The van der Waals surface area contributed by atoms with Crippen molar-refractivity contribution in [2.24, 2.45) is 0 Å². The van der Waals surface area contributed by atoms with Crippen molar-refractivity contribution in [3.05, 3.63) is 53.1 Å². The van der Waals surface area contributed by atoms with Gasteiger partial charge in [-0.15, -0.1) is 0 Å². The van der Waals surface area contributed by atoms with Crippen LogP contribution >= 0.6 is 0 Å². The minimum absolute atomic E-state index is 0.160. The number of rotatable bonds is 25. The molecule has 0 spiro atoms. The van der Waals surface area contributed by atoms with Crippen molar-refractivity contribution in [1.29, 1.82) is 0 Å². The van der Waals surface area contributed by atoms with Gasteiger partial charge in [0.15, 0.2) is 0 Å². The van der Waals surface area contributed by atoms with Gasteiger partial charge in [-0.05, 0) is 124 Å². The molecule has 0 heterocycles. The number of Topliss-reactive ketones (excluding diaryl/α,β-unsaturated/α-hetero) is 6. The van der Waals surface area contributed by atoms with E-state index < -0.39 is 35.4 Å². The van der Waals surface area contributed by atoms with Crippen LogP contribution in [0.25, 0.3) is 0 Å². The van der Waals surface area contributed by atoms with Crippen LogP contribution in [0.1, 0.15) is 131 Å². The van der Waals surface area contributed by atoms with Crippen molar-refractivity contribution in [1.82, 2.24) is 0 Å². The summed E-state index contributed by atoms with van der Waals surface area (Å²) in [4.78, 5) is 137. The molecule has 0 saturated heterocycles. The van der Waals surface area contributed by atoms with Crippen LogP contribution in [0.5, 0.6) is 17.2 Å². The second-order valence-corrected chi connectivity index (χ2v) is 17.5. The van der Waals surface area contributed by atoms with Gasteiger partial charge in [-0.3, -0.25) is 57.5 Å². The van der Waals surface area contributed by atoms with E-state index in [2.05, 4.69) is 31.9 Å². The van der Waals surface area contributed by atoms with Crippen molar-refractivity contribution in [3.63, 3.8) is 0 Å². The number of hydrogen-bond donors (Lipinski definition) is 6. The van der Waals surface area contributed by atoms with Crippen LogP contribution in [0.3, 0.4) is 0 Å². The quantitative estimate of drug-likeness (QED) is 0.0449. The molecule has 0 aromatic heterocycles. The Hall–Kier alpha value is -8.10. The lowest BCUT2D eigenvalue weighted by Crippen LogP contribution is -2.18. The van der Waals surface area contributed by atoms with E-state index in [0.717, 1.165) is 6.42 Å². The predicted molar refractivity (Wildman–Crippen MR) is 280 cm³/mol. The highest BCUT2D eigenvalue weighted by Gasteiger charge is 2.19. The number of carbonyl (C=O) groups excluding carboxylic acids is 12. The summed E-state index contributed by atoms with van der Waals surface area (Å²) < 4.78 is 16.8. The molecule has 6 N–H and O–H groups in total. The molecule has 3 aromatic carbocycles. The first kappa shape index (κ1) is 63.9. The van der Waals surface area contributed by atoms with Crippen LogP contribution in [0.15, 0.2) is 36.4 Å². The number of nitrogens with one attached hydrogen (secondary N) is 6. The molecule has 21 heteroatoms. The van der Waals surface area contributed by atoms with E-state index in [-0.39, 0.29) is 79.3 Å². The van der Waals surface area contributed by atoms with Gasteiger partial charge in [0.25, 0.3) is 0 Å². The fourth-order valence-corrected chi connectivity index (χ4v) is 6.24. The maximum absolute atomic E-state index is 11.9. The van der Waals surface area contributed by atoms with E-state index >= 15 is 0 Å². The van der Waals surface area contributed by atoms with Crippen LogP contribution in [-0.4, -0.2) is 89.5 Å². The lowest BCUT2D eigenvalue weighted by molar-refractivity contribution is -0.125.